The maximum Gasteiger partial charge on any atom is 0.274 e. The van der Waals surface area contributed by atoms with E-state index < -0.39 is 5.82 Å². The van der Waals surface area contributed by atoms with E-state index in [4.69, 9.17) is 6.42 Å². The Hall–Kier alpha value is -3.90. The number of halogens is 1. The number of nitrogens with one attached hydrogen (secondary N) is 2. The summed E-state index contributed by atoms with van der Waals surface area (Å²) in [5.41, 5.74) is 4.15. The SMILES string of the molecule is C#C[C@@H]1CN(c2ccc(C(=O)Nc3cc(F)c4nc(C)cn4c3)n3nc(C)cc23)C[C@H](C)N1. The normalized spacial score (nSPS) is 18.6. The molecule has 1 amide bonds. The molecule has 2 N–H and O–H groups in total. The fraction of sp³-hybridized carbons (Fsp3) is 0.292. The van der Waals surface area contributed by atoms with E-state index in [1.165, 1.54) is 6.07 Å². The minimum atomic E-state index is -0.507. The molecule has 0 radical (unpaired) electrons. The highest BCUT2D eigenvalue weighted by Crippen LogP contribution is 2.27. The number of fused-ring (bicyclic) bond motifs is 2. The van der Waals surface area contributed by atoms with E-state index in [-0.39, 0.29) is 23.6 Å². The standard InChI is InChI=1S/C24H24FN7O/c1-5-17-12-30(10-15(3)26-17)20-6-7-21(32-22(20)8-14(2)29-32)24(33)28-18-9-19(25)23-27-16(4)11-31(23)13-18/h1,6-9,11,13,15,17,26H,10,12H2,2-4H3,(H,28,33)/t15-,17+/m0/s1. The van der Waals surface area contributed by atoms with Crippen LogP contribution in [0.15, 0.2) is 36.7 Å². The van der Waals surface area contributed by atoms with Gasteiger partial charge in [-0.1, -0.05) is 5.92 Å². The van der Waals surface area contributed by atoms with E-state index >= 15 is 0 Å². The van der Waals surface area contributed by atoms with Crippen molar-refractivity contribution in [3.05, 3.63) is 59.6 Å². The first-order valence-electron chi connectivity index (χ1n) is 10.7. The number of hydrogen-bond acceptors (Lipinski definition) is 5. The van der Waals surface area contributed by atoms with Gasteiger partial charge < -0.3 is 14.6 Å². The van der Waals surface area contributed by atoms with Crippen molar-refractivity contribution < 1.29 is 9.18 Å². The second kappa shape index (κ2) is 7.90. The molecular weight excluding hydrogens is 421 g/mol. The van der Waals surface area contributed by atoms with Gasteiger partial charge >= 0.3 is 0 Å². The Kier molecular flexibility index (Phi) is 5.02. The van der Waals surface area contributed by atoms with Gasteiger partial charge in [-0.05, 0) is 39.0 Å². The molecule has 9 heteroatoms. The van der Waals surface area contributed by atoms with Crippen LogP contribution in [-0.4, -0.2) is 50.1 Å². The second-order valence-electron chi connectivity index (χ2n) is 8.52. The maximum atomic E-state index is 14.4. The van der Waals surface area contributed by atoms with Gasteiger partial charge in [-0.15, -0.1) is 6.42 Å². The van der Waals surface area contributed by atoms with Crippen LogP contribution in [0.5, 0.6) is 0 Å². The van der Waals surface area contributed by atoms with E-state index in [1.807, 2.05) is 19.1 Å². The van der Waals surface area contributed by atoms with E-state index in [0.29, 0.717) is 23.6 Å². The van der Waals surface area contributed by atoms with Crippen LogP contribution in [0.25, 0.3) is 11.2 Å². The van der Waals surface area contributed by atoms with E-state index in [1.54, 1.807) is 34.3 Å². The van der Waals surface area contributed by atoms with Gasteiger partial charge in [0.15, 0.2) is 11.5 Å². The van der Waals surface area contributed by atoms with Crippen molar-refractivity contribution in [3.63, 3.8) is 0 Å². The summed E-state index contributed by atoms with van der Waals surface area (Å²) in [5, 5.41) is 10.7. The summed E-state index contributed by atoms with van der Waals surface area (Å²) in [7, 11) is 0. The van der Waals surface area contributed by atoms with Crippen LogP contribution in [0.2, 0.25) is 0 Å². The molecule has 5 heterocycles. The summed E-state index contributed by atoms with van der Waals surface area (Å²) in [6.07, 6.45) is 9.01. The van der Waals surface area contributed by atoms with Crippen molar-refractivity contribution in [2.24, 2.45) is 0 Å². The molecule has 2 atom stereocenters. The van der Waals surface area contributed by atoms with E-state index in [0.717, 1.165) is 23.4 Å². The number of amides is 1. The minimum absolute atomic E-state index is 0.0579. The quantitative estimate of drug-likeness (QED) is 0.474. The van der Waals surface area contributed by atoms with Crippen molar-refractivity contribution >= 4 is 28.4 Å². The smallest absolute Gasteiger partial charge is 0.274 e. The molecule has 1 aliphatic heterocycles. The minimum Gasteiger partial charge on any atom is -0.366 e. The molecule has 0 saturated carbocycles. The monoisotopic (exact) mass is 445 g/mol. The van der Waals surface area contributed by atoms with Crippen molar-refractivity contribution in [2.75, 3.05) is 23.3 Å². The van der Waals surface area contributed by atoms with Gasteiger partial charge in [-0.2, -0.15) is 5.10 Å². The molecular formula is C24H24FN7O. The number of anilines is 2. The number of carbonyl (C=O) groups is 1. The highest BCUT2D eigenvalue weighted by Gasteiger charge is 2.25. The number of aryl methyl sites for hydroxylation is 2. The summed E-state index contributed by atoms with van der Waals surface area (Å²) in [6, 6.07) is 7.03. The highest BCUT2D eigenvalue weighted by atomic mass is 19.1. The zero-order chi connectivity index (χ0) is 23.3. The molecule has 0 aliphatic carbocycles. The number of carbonyl (C=O) groups excluding carboxylic acids is 1. The first-order chi connectivity index (χ1) is 15.8. The average Bonchev–Trinajstić information content (AvgIpc) is 3.34. The summed E-state index contributed by atoms with van der Waals surface area (Å²) in [4.78, 5) is 19.5. The Balaban J connectivity index is 1.50. The molecule has 1 aliphatic rings. The third-order valence-corrected chi connectivity index (χ3v) is 5.76. The molecule has 33 heavy (non-hydrogen) atoms. The number of piperazine rings is 1. The molecule has 4 aromatic heterocycles. The maximum absolute atomic E-state index is 14.4. The number of aromatic nitrogens is 4. The highest BCUT2D eigenvalue weighted by molar-refractivity contribution is 6.04. The average molecular weight is 446 g/mol. The van der Waals surface area contributed by atoms with Gasteiger partial charge in [-0.25, -0.2) is 13.9 Å². The van der Waals surface area contributed by atoms with E-state index in [9.17, 15) is 9.18 Å². The lowest BCUT2D eigenvalue weighted by Gasteiger charge is -2.37. The Morgan fingerprint density at radius 2 is 2.06 bits per heavy atom. The Bertz CT molecular complexity index is 1430. The van der Waals surface area contributed by atoms with Gasteiger partial charge in [0.25, 0.3) is 5.91 Å². The summed E-state index contributed by atoms with van der Waals surface area (Å²) < 4.78 is 17.6. The molecule has 0 unspecified atom stereocenters. The van der Waals surface area contributed by atoms with Crippen LogP contribution in [0.1, 0.15) is 28.8 Å². The fourth-order valence-corrected chi connectivity index (χ4v) is 4.43. The molecule has 5 rings (SSSR count). The third kappa shape index (κ3) is 3.79. The predicted octanol–water partition coefficient (Wildman–Crippen LogP) is 2.79. The molecule has 4 aromatic rings. The third-order valence-electron chi connectivity index (χ3n) is 5.76. The van der Waals surface area contributed by atoms with Crippen molar-refractivity contribution in [3.8, 4) is 12.3 Å². The largest absolute Gasteiger partial charge is 0.366 e. The lowest BCUT2D eigenvalue weighted by molar-refractivity contribution is 0.102. The molecule has 0 aromatic carbocycles. The predicted molar refractivity (Wildman–Crippen MR) is 125 cm³/mol. The van der Waals surface area contributed by atoms with Gasteiger partial charge in [0.1, 0.15) is 5.69 Å². The molecule has 168 valence electrons. The van der Waals surface area contributed by atoms with Gasteiger partial charge in [0.2, 0.25) is 0 Å². The molecule has 1 fully saturated rings. The number of rotatable bonds is 3. The van der Waals surface area contributed by atoms with Crippen LogP contribution < -0.4 is 15.5 Å². The molecule has 8 nitrogen and oxygen atoms in total. The van der Waals surface area contributed by atoms with Gasteiger partial charge in [0, 0.05) is 37.6 Å². The lowest BCUT2D eigenvalue weighted by Crippen LogP contribution is -2.55. The molecule has 0 bridgehead atoms. The van der Waals surface area contributed by atoms with E-state index in [2.05, 4.69) is 38.5 Å². The summed E-state index contributed by atoms with van der Waals surface area (Å²) in [5.74, 6) is 1.89. The Labute approximate surface area is 190 Å². The number of pyridine rings is 2. The first-order valence-corrected chi connectivity index (χ1v) is 10.7. The van der Waals surface area contributed by atoms with Crippen molar-refractivity contribution in [1.82, 2.24) is 24.3 Å². The first kappa shape index (κ1) is 21.0. The zero-order valence-corrected chi connectivity index (χ0v) is 18.6. The van der Waals surface area contributed by atoms with Crippen LogP contribution in [0.4, 0.5) is 15.8 Å². The van der Waals surface area contributed by atoms with Gasteiger partial charge in [-0.3, -0.25) is 10.1 Å². The van der Waals surface area contributed by atoms with Crippen LogP contribution in [-0.2, 0) is 0 Å². The fourth-order valence-electron chi connectivity index (χ4n) is 4.43. The topological polar surface area (TPSA) is 79.0 Å². The molecule has 0 spiro atoms. The zero-order valence-electron chi connectivity index (χ0n) is 18.6. The number of hydrogen-bond donors (Lipinski definition) is 2. The Morgan fingerprint density at radius 1 is 1.24 bits per heavy atom. The number of imidazole rings is 1. The second-order valence-corrected chi connectivity index (χ2v) is 8.52. The van der Waals surface area contributed by atoms with Crippen LogP contribution in [0.3, 0.4) is 0 Å². The Morgan fingerprint density at radius 3 is 2.85 bits per heavy atom. The van der Waals surface area contributed by atoms with Crippen LogP contribution >= 0.6 is 0 Å². The lowest BCUT2D eigenvalue weighted by atomic mass is 10.1. The van der Waals surface area contributed by atoms with Crippen molar-refractivity contribution in [2.45, 2.75) is 32.9 Å². The number of nitrogens with zero attached hydrogens (tertiary/aromatic N) is 5. The van der Waals surface area contributed by atoms with Crippen LogP contribution in [0, 0.1) is 32.0 Å². The van der Waals surface area contributed by atoms with Gasteiger partial charge in [0.05, 0.1) is 34.3 Å². The molecule has 1 saturated heterocycles. The number of terminal acetylenes is 1. The summed E-state index contributed by atoms with van der Waals surface area (Å²) >= 11 is 0. The summed E-state index contributed by atoms with van der Waals surface area (Å²) in [6.45, 7) is 7.21. The van der Waals surface area contributed by atoms with Crippen molar-refractivity contribution in [1.29, 1.82) is 0 Å².